The maximum atomic E-state index is 11.9. The monoisotopic (exact) mass is 277 g/mol. The van der Waals surface area contributed by atoms with Crippen LogP contribution in [-0.2, 0) is 9.53 Å². The molecule has 0 radical (unpaired) electrons. The minimum Gasteiger partial charge on any atom is -0.480 e. The van der Waals surface area contributed by atoms with Crippen molar-refractivity contribution in [1.29, 1.82) is 0 Å². The highest BCUT2D eigenvalue weighted by atomic mass is 16.5. The molecule has 2 N–H and O–H groups in total. The summed E-state index contributed by atoms with van der Waals surface area (Å²) in [6, 6.07) is 6.93. The number of ether oxygens (including phenoxy) is 1. The molecule has 1 aromatic rings. The number of carbonyl (C=O) groups excluding carboxylic acids is 2. The Balaban J connectivity index is 2.63. The van der Waals surface area contributed by atoms with E-state index in [2.05, 4.69) is 16.6 Å². The molecular weight excluding hydrogens is 262 g/mol. The number of nitrogens with one attached hydrogen (secondary N) is 1. The lowest BCUT2D eigenvalue weighted by atomic mass is 10.0. The number of hydrogen-bond donors (Lipinski definition) is 2. The molecule has 6 nitrogen and oxygen atoms in total. The summed E-state index contributed by atoms with van der Waals surface area (Å²) in [5, 5.41) is 11.1. The van der Waals surface area contributed by atoms with Gasteiger partial charge < -0.3 is 15.2 Å². The topological polar surface area (TPSA) is 92.7 Å². The Labute approximate surface area is 116 Å². The molecule has 0 fully saturated rings. The van der Waals surface area contributed by atoms with Crippen LogP contribution < -0.4 is 5.32 Å². The second-order valence-electron chi connectivity index (χ2n) is 3.92. The second kappa shape index (κ2) is 7.73. The maximum Gasteiger partial charge on any atom is 0.408 e. The van der Waals surface area contributed by atoms with E-state index in [4.69, 9.17) is 5.11 Å². The molecule has 0 spiro atoms. The van der Waals surface area contributed by atoms with E-state index >= 15 is 0 Å². The van der Waals surface area contributed by atoms with Crippen LogP contribution in [0.5, 0.6) is 0 Å². The van der Waals surface area contributed by atoms with E-state index in [1.165, 1.54) is 6.08 Å². The van der Waals surface area contributed by atoms with Gasteiger partial charge in [0, 0.05) is 12.0 Å². The number of carboxylic acids is 1. The molecule has 1 atom stereocenters. The van der Waals surface area contributed by atoms with E-state index in [1.54, 1.807) is 30.3 Å². The highest BCUT2D eigenvalue weighted by molar-refractivity contribution is 5.99. The lowest BCUT2D eigenvalue weighted by molar-refractivity contribution is -0.139. The van der Waals surface area contributed by atoms with Gasteiger partial charge in [0.15, 0.2) is 5.78 Å². The molecule has 0 bridgehead atoms. The van der Waals surface area contributed by atoms with Gasteiger partial charge in [0.25, 0.3) is 0 Å². The van der Waals surface area contributed by atoms with Crippen LogP contribution in [0.2, 0.25) is 0 Å². The molecule has 0 aromatic heterocycles. The van der Waals surface area contributed by atoms with Gasteiger partial charge in [0.2, 0.25) is 0 Å². The fourth-order valence-corrected chi connectivity index (χ4v) is 1.45. The lowest BCUT2D eigenvalue weighted by Crippen LogP contribution is -2.42. The third kappa shape index (κ3) is 4.93. The molecule has 0 aliphatic heterocycles. The van der Waals surface area contributed by atoms with Gasteiger partial charge in [-0.15, -0.1) is 0 Å². The zero-order chi connectivity index (χ0) is 15.0. The Morgan fingerprint density at radius 1 is 1.30 bits per heavy atom. The van der Waals surface area contributed by atoms with Crippen LogP contribution in [0.3, 0.4) is 0 Å². The zero-order valence-electron chi connectivity index (χ0n) is 10.7. The fourth-order valence-electron chi connectivity index (χ4n) is 1.45. The van der Waals surface area contributed by atoms with Gasteiger partial charge in [-0.3, -0.25) is 4.79 Å². The van der Waals surface area contributed by atoms with Crippen molar-refractivity contribution in [2.45, 2.75) is 12.5 Å². The summed E-state index contributed by atoms with van der Waals surface area (Å²) in [7, 11) is 0. The smallest absolute Gasteiger partial charge is 0.408 e. The summed E-state index contributed by atoms with van der Waals surface area (Å²) < 4.78 is 4.62. The minimum absolute atomic E-state index is 0.0369. The molecular formula is C14H15NO5. The number of amides is 1. The number of Topliss-reactive ketones (excluding diaryl/α,β-unsaturated/α-hetero) is 1. The summed E-state index contributed by atoms with van der Waals surface area (Å²) in [6.07, 6.45) is 0.102. The highest BCUT2D eigenvalue weighted by Crippen LogP contribution is 2.06. The molecule has 0 saturated heterocycles. The van der Waals surface area contributed by atoms with Gasteiger partial charge in [0.05, 0.1) is 0 Å². The summed E-state index contributed by atoms with van der Waals surface area (Å²) in [5.41, 5.74) is 0.389. The Hall–Kier alpha value is -2.63. The normalized spacial score (nSPS) is 11.2. The van der Waals surface area contributed by atoms with Crippen molar-refractivity contribution < 1.29 is 24.2 Å². The van der Waals surface area contributed by atoms with E-state index in [1.807, 2.05) is 0 Å². The van der Waals surface area contributed by atoms with Crippen molar-refractivity contribution in [2.75, 3.05) is 6.61 Å². The number of ketones is 1. The van der Waals surface area contributed by atoms with Gasteiger partial charge in [-0.05, 0) is 0 Å². The first-order valence-corrected chi connectivity index (χ1v) is 5.90. The number of aliphatic carboxylic acids is 1. The van der Waals surface area contributed by atoms with E-state index in [9.17, 15) is 14.4 Å². The first kappa shape index (κ1) is 15.4. The van der Waals surface area contributed by atoms with Crippen LogP contribution in [0.1, 0.15) is 16.8 Å². The molecule has 1 amide bonds. The molecule has 6 heteroatoms. The number of alkyl carbamates (subject to hydrolysis) is 1. The fraction of sp³-hybridized carbons (Fsp3) is 0.214. The van der Waals surface area contributed by atoms with Crippen LogP contribution >= 0.6 is 0 Å². The molecule has 0 aliphatic carbocycles. The Kier molecular flexibility index (Phi) is 5.96. The largest absolute Gasteiger partial charge is 0.480 e. The first-order valence-electron chi connectivity index (χ1n) is 5.90. The van der Waals surface area contributed by atoms with Crippen molar-refractivity contribution >= 4 is 17.8 Å². The maximum absolute atomic E-state index is 11.9. The zero-order valence-corrected chi connectivity index (χ0v) is 10.7. The Morgan fingerprint density at radius 3 is 2.50 bits per heavy atom. The molecule has 1 aromatic carbocycles. The number of carboxylic acid groups (broad SMARTS) is 1. The number of benzene rings is 1. The first-order chi connectivity index (χ1) is 9.54. The van der Waals surface area contributed by atoms with Gasteiger partial charge >= 0.3 is 12.1 Å². The summed E-state index contributed by atoms with van der Waals surface area (Å²) >= 11 is 0. The standard InChI is InChI=1S/C14H15NO5/c1-2-8-20-14(19)15-11(13(17)18)9-12(16)10-6-4-3-5-7-10/h2-7,11H,1,8-9H2,(H,15,19)(H,17,18). The van der Waals surface area contributed by atoms with Gasteiger partial charge in [-0.1, -0.05) is 43.0 Å². The average molecular weight is 277 g/mol. The van der Waals surface area contributed by atoms with Crippen LogP contribution in [0.25, 0.3) is 0 Å². The van der Waals surface area contributed by atoms with Gasteiger partial charge in [-0.2, -0.15) is 0 Å². The van der Waals surface area contributed by atoms with E-state index in [0.717, 1.165) is 0 Å². The van der Waals surface area contributed by atoms with Gasteiger partial charge in [-0.25, -0.2) is 9.59 Å². The lowest BCUT2D eigenvalue weighted by Gasteiger charge is -2.13. The van der Waals surface area contributed by atoms with Crippen LogP contribution in [0.4, 0.5) is 4.79 Å². The van der Waals surface area contributed by atoms with Crippen LogP contribution in [0.15, 0.2) is 43.0 Å². The molecule has 20 heavy (non-hydrogen) atoms. The molecule has 0 heterocycles. The highest BCUT2D eigenvalue weighted by Gasteiger charge is 2.24. The van der Waals surface area contributed by atoms with E-state index < -0.39 is 18.1 Å². The molecule has 0 saturated carbocycles. The molecule has 1 unspecified atom stereocenters. The predicted molar refractivity (Wildman–Crippen MR) is 71.5 cm³/mol. The van der Waals surface area contributed by atoms with Crippen molar-refractivity contribution in [1.82, 2.24) is 5.32 Å². The number of hydrogen-bond acceptors (Lipinski definition) is 4. The molecule has 106 valence electrons. The van der Waals surface area contributed by atoms with Crippen molar-refractivity contribution in [2.24, 2.45) is 0 Å². The number of rotatable bonds is 7. The summed E-state index contributed by atoms with van der Waals surface area (Å²) in [5.74, 6) is -1.67. The van der Waals surface area contributed by atoms with Crippen LogP contribution in [0, 0.1) is 0 Å². The molecule has 0 aliphatic rings. The van der Waals surface area contributed by atoms with Crippen molar-refractivity contribution in [3.63, 3.8) is 0 Å². The van der Waals surface area contributed by atoms with E-state index in [0.29, 0.717) is 5.56 Å². The SMILES string of the molecule is C=CCOC(=O)NC(CC(=O)c1ccccc1)C(=O)O. The summed E-state index contributed by atoms with van der Waals surface area (Å²) in [4.78, 5) is 34.2. The van der Waals surface area contributed by atoms with Crippen molar-refractivity contribution in [3.8, 4) is 0 Å². The third-order valence-corrected chi connectivity index (χ3v) is 2.41. The van der Waals surface area contributed by atoms with E-state index in [-0.39, 0.29) is 18.8 Å². The van der Waals surface area contributed by atoms with Crippen LogP contribution in [-0.4, -0.2) is 35.6 Å². The van der Waals surface area contributed by atoms with Crippen molar-refractivity contribution in [3.05, 3.63) is 48.6 Å². The molecule has 1 rings (SSSR count). The minimum atomic E-state index is -1.33. The predicted octanol–water partition coefficient (Wildman–Crippen LogP) is 1.62. The van der Waals surface area contributed by atoms with Gasteiger partial charge in [0.1, 0.15) is 12.6 Å². The Morgan fingerprint density at radius 2 is 1.95 bits per heavy atom. The average Bonchev–Trinajstić information content (AvgIpc) is 2.45. The third-order valence-electron chi connectivity index (χ3n) is 2.41. The summed E-state index contributed by atoms with van der Waals surface area (Å²) in [6.45, 7) is 3.32. The quantitative estimate of drug-likeness (QED) is 0.583. The number of carbonyl (C=O) groups is 3. The Bertz CT molecular complexity index is 498. The second-order valence-corrected chi connectivity index (χ2v) is 3.92.